The molecule has 1 aliphatic rings. The van der Waals surface area contributed by atoms with E-state index in [-0.39, 0.29) is 49.3 Å². The Kier molecular flexibility index (Phi) is 7.69. The van der Waals surface area contributed by atoms with Gasteiger partial charge in [0.15, 0.2) is 11.2 Å². The quantitative estimate of drug-likeness (QED) is 0.357. The Bertz CT molecular complexity index is 1280. The van der Waals surface area contributed by atoms with E-state index in [4.69, 9.17) is 15.2 Å². The molecule has 1 saturated heterocycles. The van der Waals surface area contributed by atoms with Crippen LogP contribution in [0.5, 0.6) is 0 Å². The van der Waals surface area contributed by atoms with Crippen LogP contribution in [0.1, 0.15) is 37.6 Å². The number of nitrogens with two attached hydrogens (primary N) is 1. The number of aliphatic hydroxyl groups is 2. The molecule has 0 radical (unpaired) electrons. The standard InChI is InChI=1S/C24H32N6O6/c1-4-14-7-6-8-15(5-2)21(14)30(13-35-3)18(33)10-28-23(34)20-22(27-24(28)25)29(12-26-20)19-9-16(32)17(11-31)36-19/h6-8,12,16-17,19,31-32H,4-5,9-11,13H2,1-3H3,(H2,25,27)/t16-,17+,19+/m0/s1. The van der Waals surface area contributed by atoms with Crippen molar-refractivity contribution in [3.8, 4) is 0 Å². The highest BCUT2D eigenvalue weighted by molar-refractivity contribution is 5.95. The highest BCUT2D eigenvalue weighted by Crippen LogP contribution is 2.31. The first-order chi connectivity index (χ1) is 17.3. The molecule has 0 aliphatic carbocycles. The molecule has 3 aromatic rings. The number of anilines is 2. The smallest absolute Gasteiger partial charge is 0.283 e. The SMILES string of the molecule is CCc1cccc(CC)c1N(COC)C(=O)Cn1c(N)nc2c(ncn2[C@H]2C[C@H](O)[C@@H](CO)O2)c1=O. The Morgan fingerprint density at radius 3 is 2.58 bits per heavy atom. The predicted molar refractivity (Wildman–Crippen MR) is 132 cm³/mol. The largest absolute Gasteiger partial charge is 0.394 e. The average molecular weight is 501 g/mol. The number of nitrogen functional groups attached to an aromatic ring is 1. The van der Waals surface area contributed by atoms with Crippen LogP contribution in [0.25, 0.3) is 11.2 Å². The lowest BCUT2D eigenvalue weighted by Crippen LogP contribution is -2.39. The van der Waals surface area contributed by atoms with Crippen LogP contribution in [0, 0.1) is 0 Å². The van der Waals surface area contributed by atoms with Gasteiger partial charge in [0, 0.05) is 13.5 Å². The number of carbonyl (C=O) groups is 1. The number of ether oxygens (including phenoxy) is 2. The molecular formula is C24H32N6O6. The molecule has 194 valence electrons. The maximum atomic E-state index is 13.5. The number of benzene rings is 1. The summed E-state index contributed by atoms with van der Waals surface area (Å²) in [7, 11) is 1.50. The summed E-state index contributed by atoms with van der Waals surface area (Å²) in [6.45, 7) is 3.35. The Balaban J connectivity index is 1.69. The summed E-state index contributed by atoms with van der Waals surface area (Å²) in [5.41, 5.74) is 8.53. The van der Waals surface area contributed by atoms with Gasteiger partial charge in [-0.25, -0.2) is 4.98 Å². The van der Waals surface area contributed by atoms with Crippen molar-refractivity contribution in [1.29, 1.82) is 0 Å². The molecule has 0 spiro atoms. The first-order valence-corrected chi connectivity index (χ1v) is 11.9. The fourth-order valence-electron chi connectivity index (χ4n) is 4.60. The number of rotatable bonds is 9. The molecule has 1 aliphatic heterocycles. The Labute approximate surface area is 207 Å². The van der Waals surface area contributed by atoms with Gasteiger partial charge in [-0.3, -0.25) is 23.6 Å². The molecule has 1 fully saturated rings. The second-order valence-electron chi connectivity index (χ2n) is 8.67. The Hall–Kier alpha value is -3.32. The van der Waals surface area contributed by atoms with Crippen molar-refractivity contribution in [3.63, 3.8) is 0 Å². The van der Waals surface area contributed by atoms with Gasteiger partial charge in [0.1, 0.15) is 25.6 Å². The number of fused-ring (bicyclic) bond motifs is 1. The van der Waals surface area contributed by atoms with Gasteiger partial charge in [0.05, 0.1) is 24.7 Å². The van der Waals surface area contributed by atoms with Crippen LogP contribution in [0.4, 0.5) is 11.6 Å². The summed E-state index contributed by atoms with van der Waals surface area (Å²) in [6, 6.07) is 5.90. The molecular weight excluding hydrogens is 468 g/mol. The number of imidazole rings is 1. The zero-order chi connectivity index (χ0) is 26.0. The highest BCUT2D eigenvalue weighted by atomic mass is 16.5. The van der Waals surface area contributed by atoms with Crippen molar-refractivity contribution < 1.29 is 24.5 Å². The number of hydrogen-bond acceptors (Lipinski definition) is 9. The van der Waals surface area contributed by atoms with Crippen LogP contribution in [0.3, 0.4) is 0 Å². The zero-order valence-electron chi connectivity index (χ0n) is 20.6. The van der Waals surface area contributed by atoms with Crippen LogP contribution in [0.15, 0.2) is 29.3 Å². The number of aliphatic hydroxyl groups excluding tert-OH is 2. The minimum atomic E-state index is -0.862. The van der Waals surface area contributed by atoms with Crippen molar-refractivity contribution >= 4 is 28.7 Å². The van der Waals surface area contributed by atoms with Crippen molar-refractivity contribution in [2.75, 3.05) is 31.1 Å². The van der Waals surface area contributed by atoms with E-state index >= 15 is 0 Å². The maximum absolute atomic E-state index is 13.5. The topological polar surface area (TPSA) is 158 Å². The summed E-state index contributed by atoms with van der Waals surface area (Å²) >= 11 is 0. The summed E-state index contributed by atoms with van der Waals surface area (Å²) in [6.07, 6.45) is 0.748. The number of para-hydroxylation sites is 1. The third-order valence-electron chi connectivity index (χ3n) is 6.49. The first kappa shape index (κ1) is 25.8. The monoisotopic (exact) mass is 500 g/mol. The van der Waals surface area contributed by atoms with Crippen LogP contribution in [-0.4, -0.2) is 67.9 Å². The number of carbonyl (C=O) groups excluding carboxylic acids is 1. The molecule has 3 atom stereocenters. The fourth-order valence-corrected chi connectivity index (χ4v) is 4.60. The van der Waals surface area contributed by atoms with Crippen molar-refractivity contribution in [3.05, 3.63) is 46.0 Å². The fraction of sp³-hybridized carbons (Fsp3) is 0.500. The number of hydrogen-bond donors (Lipinski definition) is 3. The Morgan fingerprint density at radius 1 is 1.31 bits per heavy atom. The van der Waals surface area contributed by atoms with Gasteiger partial charge in [-0.15, -0.1) is 0 Å². The maximum Gasteiger partial charge on any atom is 0.283 e. The van der Waals surface area contributed by atoms with E-state index in [0.29, 0.717) is 0 Å². The van der Waals surface area contributed by atoms with Crippen LogP contribution >= 0.6 is 0 Å². The van der Waals surface area contributed by atoms with Crippen molar-refractivity contribution in [2.45, 2.75) is 58.1 Å². The van der Waals surface area contributed by atoms with E-state index < -0.39 is 24.0 Å². The molecule has 3 heterocycles. The van der Waals surface area contributed by atoms with E-state index in [2.05, 4.69) is 9.97 Å². The average Bonchev–Trinajstić information content (AvgIpc) is 3.47. The summed E-state index contributed by atoms with van der Waals surface area (Å²) in [5, 5.41) is 19.4. The van der Waals surface area contributed by atoms with Crippen molar-refractivity contribution in [1.82, 2.24) is 19.1 Å². The van der Waals surface area contributed by atoms with Crippen molar-refractivity contribution in [2.24, 2.45) is 0 Å². The molecule has 1 amide bonds. The van der Waals surface area contributed by atoms with Crippen LogP contribution < -0.4 is 16.2 Å². The van der Waals surface area contributed by atoms with E-state index in [1.807, 2.05) is 32.0 Å². The van der Waals surface area contributed by atoms with E-state index in [9.17, 15) is 19.8 Å². The minimum absolute atomic E-state index is 0.00910. The molecule has 4 rings (SSSR count). The molecule has 2 aromatic heterocycles. The lowest BCUT2D eigenvalue weighted by Gasteiger charge is -2.27. The number of amides is 1. The Morgan fingerprint density at radius 2 is 2.00 bits per heavy atom. The number of nitrogens with zero attached hydrogens (tertiary/aromatic N) is 5. The van der Waals surface area contributed by atoms with Gasteiger partial charge in [-0.05, 0) is 24.0 Å². The number of methoxy groups -OCH3 is 1. The minimum Gasteiger partial charge on any atom is -0.394 e. The number of aryl methyl sites for hydroxylation is 2. The van der Waals surface area contributed by atoms with Crippen LogP contribution in [0.2, 0.25) is 0 Å². The van der Waals surface area contributed by atoms with Gasteiger partial charge in [0.25, 0.3) is 5.56 Å². The third-order valence-corrected chi connectivity index (χ3v) is 6.49. The molecule has 12 heteroatoms. The molecule has 12 nitrogen and oxygen atoms in total. The normalized spacial score (nSPS) is 19.8. The second kappa shape index (κ2) is 10.7. The van der Waals surface area contributed by atoms with Gasteiger partial charge >= 0.3 is 0 Å². The van der Waals surface area contributed by atoms with Gasteiger partial charge in [-0.1, -0.05) is 32.0 Å². The summed E-state index contributed by atoms with van der Waals surface area (Å²) in [5.74, 6) is -0.536. The number of aromatic nitrogens is 4. The summed E-state index contributed by atoms with van der Waals surface area (Å²) < 4.78 is 13.6. The molecule has 0 unspecified atom stereocenters. The summed E-state index contributed by atoms with van der Waals surface area (Å²) in [4.78, 5) is 36.8. The van der Waals surface area contributed by atoms with E-state index in [1.165, 1.54) is 22.9 Å². The van der Waals surface area contributed by atoms with Gasteiger partial charge in [0.2, 0.25) is 11.9 Å². The molecule has 0 bridgehead atoms. The molecule has 36 heavy (non-hydrogen) atoms. The first-order valence-electron chi connectivity index (χ1n) is 11.9. The van der Waals surface area contributed by atoms with E-state index in [0.717, 1.165) is 34.2 Å². The van der Waals surface area contributed by atoms with Gasteiger partial charge in [-0.2, -0.15) is 4.98 Å². The van der Waals surface area contributed by atoms with Crippen LogP contribution in [-0.2, 0) is 33.7 Å². The van der Waals surface area contributed by atoms with Gasteiger partial charge < -0.3 is 25.4 Å². The molecule has 0 saturated carbocycles. The third kappa shape index (κ3) is 4.60. The highest BCUT2D eigenvalue weighted by Gasteiger charge is 2.35. The lowest BCUT2D eigenvalue weighted by atomic mass is 10.0. The lowest BCUT2D eigenvalue weighted by molar-refractivity contribution is -0.120. The molecule has 4 N–H and O–H groups in total. The second-order valence-corrected chi connectivity index (χ2v) is 8.67. The molecule has 1 aromatic carbocycles. The predicted octanol–water partition coefficient (Wildman–Crippen LogP) is 0.578. The zero-order valence-corrected chi connectivity index (χ0v) is 20.6. The van der Waals surface area contributed by atoms with E-state index in [1.54, 1.807) is 0 Å².